The highest BCUT2D eigenvalue weighted by molar-refractivity contribution is 5.79. The van der Waals surface area contributed by atoms with Gasteiger partial charge in [-0.05, 0) is 36.6 Å². The van der Waals surface area contributed by atoms with E-state index in [2.05, 4.69) is 5.32 Å². The number of methoxy groups -OCH3 is 1. The number of carbonyl (C=O) groups is 1. The van der Waals surface area contributed by atoms with Crippen molar-refractivity contribution in [3.63, 3.8) is 0 Å². The van der Waals surface area contributed by atoms with Gasteiger partial charge < -0.3 is 14.8 Å². The summed E-state index contributed by atoms with van der Waals surface area (Å²) in [6.45, 7) is 3.23. The number of fused-ring (bicyclic) bond motifs is 1. The molecule has 0 bridgehead atoms. The third-order valence-corrected chi connectivity index (χ3v) is 4.88. The first-order valence-electron chi connectivity index (χ1n) is 7.75. The average Bonchev–Trinajstić information content (AvgIpc) is 2.91. The zero-order valence-corrected chi connectivity index (χ0v) is 13.0. The molecule has 1 aromatic rings. The molecule has 2 fully saturated rings. The SMILES string of the molecule is COC[C@@H]1[C@H](NC(=O)Cc2cc(F)ccc2C)[C@@H]2CCO[C@H]12. The van der Waals surface area contributed by atoms with Crippen molar-refractivity contribution < 1.29 is 18.7 Å². The molecule has 120 valence electrons. The van der Waals surface area contributed by atoms with E-state index in [1.54, 1.807) is 13.2 Å². The number of nitrogens with one attached hydrogen (secondary N) is 1. The van der Waals surface area contributed by atoms with Crippen LogP contribution in [0.4, 0.5) is 4.39 Å². The molecule has 1 saturated carbocycles. The van der Waals surface area contributed by atoms with E-state index in [0.29, 0.717) is 12.5 Å². The third-order valence-electron chi connectivity index (χ3n) is 4.88. The van der Waals surface area contributed by atoms with Crippen molar-refractivity contribution in [2.24, 2.45) is 11.8 Å². The maximum absolute atomic E-state index is 13.3. The second kappa shape index (κ2) is 6.34. The molecule has 5 heteroatoms. The highest BCUT2D eigenvalue weighted by Crippen LogP contribution is 2.43. The van der Waals surface area contributed by atoms with Crippen LogP contribution in [0.3, 0.4) is 0 Å². The van der Waals surface area contributed by atoms with E-state index in [-0.39, 0.29) is 36.2 Å². The van der Waals surface area contributed by atoms with Crippen molar-refractivity contribution >= 4 is 5.91 Å². The molecule has 22 heavy (non-hydrogen) atoms. The van der Waals surface area contributed by atoms with Gasteiger partial charge in [0.25, 0.3) is 0 Å². The fourth-order valence-corrected chi connectivity index (χ4v) is 3.67. The molecule has 2 aliphatic rings. The average molecular weight is 307 g/mol. The maximum Gasteiger partial charge on any atom is 0.224 e. The Morgan fingerprint density at radius 2 is 2.32 bits per heavy atom. The van der Waals surface area contributed by atoms with Gasteiger partial charge >= 0.3 is 0 Å². The number of carbonyl (C=O) groups excluding carboxylic acids is 1. The number of hydrogen-bond donors (Lipinski definition) is 1. The first-order valence-corrected chi connectivity index (χ1v) is 7.75. The molecule has 1 aliphatic heterocycles. The van der Waals surface area contributed by atoms with Crippen molar-refractivity contribution in [2.75, 3.05) is 20.3 Å². The number of benzene rings is 1. The van der Waals surface area contributed by atoms with Gasteiger partial charge in [-0.2, -0.15) is 0 Å². The smallest absolute Gasteiger partial charge is 0.224 e. The van der Waals surface area contributed by atoms with Crippen LogP contribution >= 0.6 is 0 Å². The first kappa shape index (κ1) is 15.4. The molecule has 0 radical (unpaired) electrons. The highest BCUT2D eigenvalue weighted by Gasteiger charge is 2.54. The molecule has 4 atom stereocenters. The molecule has 1 amide bonds. The normalized spacial score (nSPS) is 29.8. The minimum absolute atomic E-state index is 0.0647. The highest BCUT2D eigenvalue weighted by atomic mass is 19.1. The van der Waals surface area contributed by atoms with E-state index in [1.165, 1.54) is 12.1 Å². The Morgan fingerprint density at radius 1 is 1.50 bits per heavy atom. The summed E-state index contributed by atoms with van der Waals surface area (Å²) in [6, 6.07) is 4.66. The van der Waals surface area contributed by atoms with Crippen molar-refractivity contribution in [3.8, 4) is 0 Å². The summed E-state index contributed by atoms with van der Waals surface area (Å²) >= 11 is 0. The summed E-state index contributed by atoms with van der Waals surface area (Å²) in [5.74, 6) is 0.233. The number of rotatable bonds is 5. The predicted octanol–water partition coefficient (Wildman–Crippen LogP) is 1.84. The Morgan fingerprint density at radius 3 is 3.09 bits per heavy atom. The summed E-state index contributed by atoms with van der Waals surface area (Å²) in [5, 5.41) is 3.10. The van der Waals surface area contributed by atoms with E-state index in [4.69, 9.17) is 9.47 Å². The number of ether oxygens (including phenoxy) is 2. The van der Waals surface area contributed by atoms with Gasteiger partial charge in [-0.25, -0.2) is 4.39 Å². The van der Waals surface area contributed by atoms with Crippen LogP contribution in [-0.2, 0) is 20.7 Å². The Bertz CT molecular complexity index is 563. The van der Waals surface area contributed by atoms with Gasteiger partial charge in [0.2, 0.25) is 5.91 Å². The molecule has 1 aliphatic carbocycles. The molecular formula is C17H22FNO3. The molecule has 3 rings (SSSR count). The standard InChI is InChI=1S/C17H22FNO3/c1-10-3-4-12(18)7-11(10)8-15(20)19-16-13-5-6-22-17(13)14(16)9-21-2/h3-4,7,13-14,16-17H,5-6,8-9H2,1-2H3,(H,19,20)/t13-,14+,16+,17-/m0/s1. The van der Waals surface area contributed by atoms with Gasteiger partial charge in [0.15, 0.2) is 0 Å². The Kier molecular flexibility index (Phi) is 4.45. The zero-order chi connectivity index (χ0) is 15.7. The zero-order valence-electron chi connectivity index (χ0n) is 13.0. The van der Waals surface area contributed by atoms with Gasteiger partial charge in [-0.1, -0.05) is 6.07 Å². The topological polar surface area (TPSA) is 47.6 Å². The van der Waals surface area contributed by atoms with Gasteiger partial charge in [-0.15, -0.1) is 0 Å². The van der Waals surface area contributed by atoms with Crippen LogP contribution in [0.2, 0.25) is 0 Å². The van der Waals surface area contributed by atoms with Gasteiger partial charge in [0, 0.05) is 31.6 Å². The molecule has 1 heterocycles. The van der Waals surface area contributed by atoms with Crippen LogP contribution in [0.15, 0.2) is 18.2 Å². The first-order chi connectivity index (χ1) is 10.6. The van der Waals surface area contributed by atoms with E-state index in [0.717, 1.165) is 24.2 Å². The largest absolute Gasteiger partial charge is 0.384 e. The van der Waals surface area contributed by atoms with Gasteiger partial charge in [0.1, 0.15) is 5.82 Å². The van der Waals surface area contributed by atoms with Crippen molar-refractivity contribution in [1.82, 2.24) is 5.32 Å². The minimum Gasteiger partial charge on any atom is -0.384 e. The Balaban J connectivity index is 1.62. The molecule has 0 aromatic heterocycles. The number of hydrogen-bond acceptors (Lipinski definition) is 3. The summed E-state index contributed by atoms with van der Waals surface area (Å²) in [7, 11) is 1.66. The summed E-state index contributed by atoms with van der Waals surface area (Å²) in [4.78, 5) is 12.3. The molecule has 0 unspecified atom stereocenters. The molecular weight excluding hydrogens is 285 g/mol. The second-order valence-corrected chi connectivity index (χ2v) is 6.25. The van der Waals surface area contributed by atoms with Crippen LogP contribution in [0.1, 0.15) is 17.5 Å². The maximum atomic E-state index is 13.3. The monoisotopic (exact) mass is 307 g/mol. The second-order valence-electron chi connectivity index (χ2n) is 6.25. The Labute approximate surface area is 130 Å². The van der Waals surface area contributed by atoms with Crippen LogP contribution in [0, 0.1) is 24.6 Å². The predicted molar refractivity (Wildman–Crippen MR) is 80.0 cm³/mol. The van der Waals surface area contributed by atoms with E-state index < -0.39 is 0 Å². The fraction of sp³-hybridized carbons (Fsp3) is 0.588. The van der Waals surface area contributed by atoms with Crippen molar-refractivity contribution in [3.05, 3.63) is 35.1 Å². The van der Waals surface area contributed by atoms with Crippen molar-refractivity contribution in [2.45, 2.75) is 31.9 Å². The van der Waals surface area contributed by atoms with E-state index in [9.17, 15) is 9.18 Å². The molecule has 4 nitrogen and oxygen atoms in total. The van der Waals surface area contributed by atoms with Crippen LogP contribution in [0.25, 0.3) is 0 Å². The van der Waals surface area contributed by atoms with E-state index >= 15 is 0 Å². The lowest BCUT2D eigenvalue weighted by atomic mass is 9.67. The van der Waals surface area contributed by atoms with Crippen LogP contribution in [0.5, 0.6) is 0 Å². The lowest BCUT2D eigenvalue weighted by Crippen LogP contribution is -2.63. The summed E-state index contributed by atoms with van der Waals surface area (Å²) in [6.07, 6.45) is 1.40. The Hall–Kier alpha value is -1.46. The lowest BCUT2D eigenvalue weighted by molar-refractivity contribution is -0.129. The lowest BCUT2D eigenvalue weighted by Gasteiger charge is -2.47. The van der Waals surface area contributed by atoms with Crippen LogP contribution in [-0.4, -0.2) is 38.4 Å². The number of amides is 1. The third kappa shape index (κ3) is 2.88. The fourth-order valence-electron chi connectivity index (χ4n) is 3.67. The summed E-state index contributed by atoms with van der Waals surface area (Å²) < 4.78 is 24.3. The van der Waals surface area contributed by atoms with Gasteiger partial charge in [0.05, 0.1) is 19.1 Å². The number of halogens is 1. The molecule has 1 N–H and O–H groups in total. The number of aryl methyl sites for hydroxylation is 1. The van der Waals surface area contributed by atoms with Crippen LogP contribution < -0.4 is 5.32 Å². The molecule has 1 aromatic carbocycles. The summed E-state index contributed by atoms with van der Waals surface area (Å²) in [5.41, 5.74) is 1.67. The van der Waals surface area contributed by atoms with Gasteiger partial charge in [-0.3, -0.25) is 4.79 Å². The van der Waals surface area contributed by atoms with Crippen molar-refractivity contribution in [1.29, 1.82) is 0 Å². The minimum atomic E-state index is -0.307. The molecule has 1 saturated heterocycles. The molecule has 0 spiro atoms. The van der Waals surface area contributed by atoms with E-state index in [1.807, 2.05) is 6.92 Å². The quantitative estimate of drug-likeness (QED) is 0.903.